The minimum absolute atomic E-state index is 0.189. The van der Waals surface area contributed by atoms with Crippen LogP contribution in [-0.4, -0.2) is 26.7 Å². The van der Waals surface area contributed by atoms with E-state index in [0.29, 0.717) is 6.54 Å². The fraction of sp³-hybridized carbons (Fsp3) is 0.562. The molecule has 1 aromatic carbocycles. The summed E-state index contributed by atoms with van der Waals surface area (Å²) in [4.78, 5) is 11.8. The van der Waals surface area contributed by atoms with Crippen LogP contribution < -0.4 is 14.8 Å². The van der Waals surface area contributed by atoms with Gasteiger partial charge in [-0.15, -0.1) is 0 Å². The van der Waals surface area contributed by atoms with Gasteiger partial charge in [-0.1, -0.05) is 6.42 Å². The number of amides is 1. The molecule has 0 atom stereocenters. The van der Waals surface area contributed by atoms with Crippen LogP contribution in [0.3, 0.4) is 0 Å². The molecule has 4 heteroatoms. The van der Waals surface area contributed by atoms with E-state index in [2.05, 4.69) is 5.32 Å². The van der Waals surface area contributed by atoms with Crippen LogP contribution in [0.4, 0.5) is 0 Å². The van der Waals surface area contributed by atoms with Gasteiger partial charge in [0.2, 0.25) is 5.91 Å². The monoisotopic (exact) mass is 277 g/mol. The van der Waals surface area contributed by atoms with Crippen LogP contribution in [0.2, 0.25) is 0 Å². The first-order valence-corrected chi connectivity index (χ1v) is 7.15. The fourth-order valence-corrected chi connectivity index (χ4v) is 2.44. The third kappa shape index (κ3) is 3.24. The molecule has 0 aliphatic heterocycles. The Kier molecular flexibility index (Phi) is 4.88. The Morgan fingerprint density at radius 1 is 1.25 bits per heavy atom. The molecule has 0 aromatic heterocycles. The van der Waals surface area contributed by atoms with Gasteiger partial charge >= 0.3 is 0 Å². The van der Waals surface area contributed by atoms with Crippen LogP contribution in [-0.2, 0) is 11.2 Å². The zero-order valence-corrected chi connectivity index (χ0v) is 12.5. The van der Waals surface area contributed by atoms with Gasteiger partial charge in [-0.2, -0.15) is 0 Å². The van der Waals surface area contributed by atoms with E-state index in [1.165, 1.54) is 6.42 Å². The maximum absolute atomic E-state index is 11.8. The van der Waals surface area contributed by atoms with Crippen molar-refractivity contribution in [3.05, 3.63) is 23.3 Å². The average molecular weight is 277 g/mol. The molecule has 1 aliphatic carbocycles. The van der Waals surface area contributed by atoms with E-state index in [1.807, 2.05) is 19.1 Å². The summed E-state index contributed by atoms with van der Waals surface area (Å²) in [6, 6.07) is 3.96. The first-order valence-electron chi connectivity index (χ1n) is 7.15. The summed E-state index contributed by atoms with van der Waals surface area (Å²) >= 11 is 0. The maximum atomic E-state index is 11.8. The number of hydrogen-bond acceptors (Lipinski definition) is 3. The molecule has 0 heterocycles. The van der Waals surface area contributed by atoms with Gasteiger partial charge in [-0.25, -0.2) is 0 Å². The molecule has 1 aromatic rings. The van der Waals surface area contributed by atoms with Crippen molar-refractivity contribution in [3.8, 4) is 11.5 Å². The Morgan fingerprint density at radius 3 is 2.50 bits per heavy atom. The fourth-order valence-electron chi connectivity index (χ4n) is 2.44. The van der Waals surface area contributed by atoms with Gasteiger partial charge in [-0.3, -0.25) is 4.79 Å². The highest BCUT2D eigenvalue weighted by atomic mass is 16.5. The molecule has 0 bridgehead atoms. The maximum Gasteiger partial charge on any atom is 0.223 e. The van der Waals surface area contributed by atoms with Crippen LogP contribution in [0.15, 0.2) is 12.1 Å². The zero-order valence-electron chi connectivity index (χ0n) is 12.5. The zero-order chi connectivity index (χ0) is 14.5. The Balaban J connectivity index is 1.95. The Morgan fingerprint density at radius 2 is 1.95 bits per heavy atom. The number of benzene rings is 1. The normalized spacial score (nSPS) is 14.6. The quantitative estimate of drug-likeness (QED) is 0.869. The summed E-state index contributed by atoms with van der Waals surface area (Å²) < 4.78 is 10.7. The van der Waals surface area contributed by atoms with E-state index < -0.39 is 0 Å². The highest BCUT2D eigenvalue weighted by Crippen LogP contribution is 2.29. The van der Waals surface area contributed by atoms with Gasteiger partial charge in [-0.05, 0) is 49.4 Å². The lowest BCUT2D eigenvalue weighted by Crippen LogP contribution is -2.35. The van der Waals surface area contributed by atoms with Crippen LogP contribution in [0.5, 0.6) is 11.5 Å². The largest absolute Gasteiger partial charge is 0.496 e. The van der Waals surface area contributed by atoms with Crippen molar-refractivity contribution in [2.24, 2.45) is 5.92 Å². The van der Waals surface area contributed by atoms with Crippen molar-refractivity contribution in [1.82, 2.24) is 5.32 Å². The molecule has 1 amide bonds. The molecule has 0 saturated heterocycles. The molecule has 1 fully saturated rings. The van der Waals surface area contributed by atoms with Crippen molar-refractivity contribution >= 4 is 5.91 Å². The SMILES string of the molecule is COc1cc(CCNC(=O)C2CCC2)c(OC)cc1C. The number of ether oxygens (including phenoxy) is 2. The van der Waals surface area contributed by atoms with Crippen LogP contribution in [0.1, 0.15) is 30.4 Å². The van der Waals surface area contributed by atoms with Gasteiger partial charge in [0.1, 0.15) is 11.5 Å². The molecule has 0 unspecified atom stereocenters. The van der Waals surface area contributed by atoms with E-state index in [1.54, 1.807) is 14.2 Å². The molecular weight excluding hydrogens is 254 g/mol. The predicted molar refractivity (Wildman–Crippen MR) is 78.3 cm³/mol. The molecule has 2 rings (SSSR count). The number of carbonyl (C=O) groups excluding carboxylic acids is 1. The number of carbonyl (C=O) groups is 1. The first-order chi connectivity index (χ1) is 9.65. The summed E-state index contributed by atoms with van der Waals surface area (Å²) in [5.41, 5.74) is 2.11. The molecule has 1 aliphatic rings. The first kappa shape index (κ1) is 14.7. The lowest BCUT2D eigenvalue weighted by atomic mass is 9.85. The van der Waals surface area contributed by atoms with Crippen LogP contribution in [0.25, 0.3) is 0 Å². The average Bonchev–Trinajstić information content (AvgIpc) is 2.37. The lowest BCUT2D eigenvalue weighted by Gasteiger charge is -2.24. The second-order valence-electron chi connectivity index (χ2n) is 5.30. The van der Waals surface area contributed by atoms with Crippen molar-refractivity contribution in [2.45, 2.75) is 32.6 Å². The molecule has 20 heavy (non-hydrogen) atoms. The van der Waals surface area contributed by atoms with Gasteiger partial charge in [0.05, 0.1) is 14.2 Å². The number of rotatable bonds is 6. The standard InChI is InChI=1S/C16H23NO3/c1-11-9-15(20-3)13(10-14(11)19-2)7-8-17-16(18)12-5-4-6-12/h9-10,12H,4-8H2,1-3H3,(H,17,18). The smallest absolute Gasteiger partial charge is 0.223 e. The lowest BCUT2D eigenvalue weighted by molar-refractivity contribution is -0.127. The van der Waals surface area contributed by atoms with Crippen molar-refractivity contribution in [1.29, 1.82) is 0 Å². The third-order valence-electron chi connectivity index (χ3n) is 3.97. The Hall–Kier alpha value is -1.71. The van der Waals surface area contributed by atoms with E-state index in [9.17, 15) is 4.79 Å². The molecule has 4 nitrogen and oxygen atoms in total. The summed E-state index contributed by atoms with van der Waals surface area (Å²) in [6.07, 6.45) is 4.00. The third-order valence-corrected chi connectivity index (χ3v) is 3.97. The van der Waals surface area contributed by atoms with E-state index in [4.69, 9.17) is 9.47 Å². The van der Waals surface area contributed by atoms with Gasteiger partial charge in [0.15, 0.2) is 0 Å². The number of hydrogen-bond donors (Lipinski definition) is 1. The predicted octanol–water partition coefficient (Wildman–Crippen LogP) is 2.47. The molecule has 110 valence electrons. The van der Waals surface area contributed by atoms with Gasteiger partial charge < -0.3 is 14.8 Å². The van der Waals surface area contributed by atoms with Crippen LogP contribution >= 0.6 is 0 Å². The molecule has 1 saturated carbocycles. The summed E-state index contributed by atoms with van der Waals surface area (Å²) in [6.45, 7) is 2.63. The van der Waals surface area contributed by atoms with Crippen molar-refractivity contribution < 1.29 is 14.3 Å². The molecule has 1 N–H and O–H groups in total. The topological polar surface area (TPSA) is 47.6 Å². The highest BCUT2D eigenvalue weighted by molar-refractivity contribution is 5.79. The Labute approximate surface area is 120 Å². The number of aryl methyl sites for hydroxylation is 1. The molecule has 0 radical (unpaired) electrons. The summed E-state index contributed by atoms with van der Waals surface area (Å²) in [7, 11) is 3.33. The highest BCUT2D eigenvalue weighted by Gasteiger charge is 2.24. The van der Waals surface area contributed by atoms with E-state index in [-0.39, 0.29) is 11.8 Å². The van der Waals surface area contributed by atoms with E-state index >= 15 is 0 Å². The second kappa shape index (κ2) is 6.64. The van der Waals surface area contributed by atoms with Gasteiger partial charge in [0, 0.05) is 12.5 Å². The van der Waals surface area contributed by atoms with E-state index in [0.717, 1.165) is 41.9 Å². The molecule has 0 spiro atoms. The Bertz CT molecular complexity index is 481. The summed E-state index contributed by atoms with van der Waals surface area (Å²) in [5.74, 6) is 2.13. The van der Waals surface area contributed by atoms with Crippen LogP contribution in [0, 0.1) is 12.8 Å². The van der Waals surface area contributed by atoms with Crippen molar-refractivity contribution in [3.63, 3.8) is 0 Å². The number of nitrogens with one attached hydrogen (secondary N) is 1. The number of methoxy groups -OCH3 is 2. The second-order valence-corrected chi connectivity index (χ2v) is 5.30. The van der Waals surface area contributed by atoms with Gasteiger partial charge in [0.25, 0.3) is 0 Å². The van der Waals surface area contributed by atoms with Crippen molar-refractivity contribution in [2.75, 3.05) is 20.8 Å². The minimum atomic E-state index is 0.189. The summed E-state index contributed by atoms with van der Waals surface area (Å²) in [5, 5.41) is 3.00. The molecular formula is C16H23NO3. The minimum Gasteiger partial charge on any atom is -0.496 e.